The van der Waals surface area contributed by atoms with Gasteiger partial charge in [0, 0.05) is 38.9 Å². The Morgan fingerprint density at radius 2 is 1.81 bits per heavy atom. The molecule has 0 bridgehead atoms. The minimum absolute atomic E-state index is 0.0839. The van der Waals surface area contributed by atoms with Crippen LogP contribution in [0.3, 0.4) is 0 Å². The molecule has 5 heteroatoms. The van der Waals surface area contributed by atoms with Gasteiger partial charge in [0.2, 0.25) is 0 Å². The maximum atomic E-state index is 6.22. The largest absolute Gasteiger partial charge is 0.308 e. The first kappa shape index (κ1) is 16.3. The van der Waals surface area contributed by atoms with E-state index in [0.29, 0.717) is 16.6 Å². The molecular weight excluding hydrogens is 305 g/mol. The second-order valence-electron chi connectivity index (χ2n) is 6.22. The molecule has 0 saturated carbocycles. The number of hydrogen-bond acceptors (Lipinski definition) is 2. The molecule has 0 radical (unpaired) electrons. The fourth-order valence-corrected chi connectivity index (χ4v) is 2.53. The Labute approximate surface area is 136 Å². The Morgan fingerprint density at radius 3 is 2.38 bits per heavy atom. The molecule has 0 fully saturated rings. The molecule has 21 heavy (non-hydrogen) atoms. The van der Waals surface area contributed by atoms with Crippen molar-refractivity contribution in [3.63, 3.8) is 0 Å². The Balaban J connectivity index is 2.17. The molecule has 0 aliphatic heterocycles. The lowest BCUT2D eigenvalue weighted by Gasteiger charge is -2.20. The summed E-state index contributed by atoms with van der Waals surface area (Å²) in [6.45, 7) is 9.89. The number of nitrogens with zero attached hydrogens (tertiary/aromatic N) is 2. The van der Waals surface area contributed by atoms with Gasteiger partial charge in [-0.15, -0.1) is 0 Å². The normalized spacial score (nSPS) is 11.9. The average molecular weight is 326 g/mol. The van der Waals surface area contributed by atoms with E-state index in [9.17, 15) is 0 Å². The number of nitrogens with one attached hydrogen (secondary N) is 1. The Bertz CT molecular complexity index is 607. The van der Waals surface area contributed by atoms with Gasteiger partial charge in [-0.3, -0.25) is 4.68 Å². The van der Waals surface area contributed by atoms with Crippen molar-refractivity contribution in [3.8, 4) is 0 Å². The lowest BCUT2D eigenvalue weighted by molar-refractivity contribution is 0.423. The minimum Gasteiger partial charge on any atom is -0.308 e. The monoisotopic (exact) mass is 325 g/mol. The van der Waals surface area contributed by atoms with Crippen LogP contribution < -0.4 is 5.32 Å². The van der Waals surface area contributed by atoms with Gasteiger partial charge in [0.15, 0.2) is 0 Å². The van der Waals surface area contributed by atoms with Crippen molar-refractivity contribution >= 4 is 23.2 Å². The van der Waals surface area contributed by atoms with Crippen molar-refractivity contribution in [2.45, 2.75) is 46.3 Å². The standard InChI is InChI=1S/C16H21Cl2N3/c1-11-12(8-19-16(2,3)4)9-20-21(11)10-13-14(17)6-5-7-15(13)18/h5-7,9,19H,8,10H2,1-4H3. The molecule has 3 nitrogen and oxygen atoms in total. The van der Waals surface area contributed by atoms with Gasteiger partial charge in [0.1, 0.15) is 0 Å². The molecule has 0 amide bonds. The first-order chi connectivity index (χ1) is 9.78. The van der Waals surface area contributed by atoms with Crippen LogP contribution in [0.2, 0.25) is 10.0 Å². The molecule has 1 heterocycles. The van der Waals surface area contributed by atoms with Crippen molar-refractivity contribution in [1.82, 2.24) is 15.1 Å². The second kappa shape index (κ2) is 6.39. The molecule has 0 atom stereocenters. The van der Waals surface area contributed by atoms with Gasteiger partial charge in [-0.1, -0.05) is 29.3 Å². The highest BCUT2D eigenvalue weighted by atomic mass is 35.5. The van der Waals surface area contributed by atoms with Crippen molar-refractivity contribution in [2.75, 3.05) is 0 Å². The average Bonchev–Trinajstić information content (AvgIpc) is 2.72. The molecule has 1 aromatic heterocycles. The molecule has 0 aliphatic carbocycles. The van der Waals surface area contributed by atoms with E-state index < -0.39 is 0 Å². The fraction of sp³-hybridized carbons (Fsp3) is 0.438. The number of hydrogen-bond donors (Lipinski definition) is 1. The van der Waals surface area contributed by atoms with E-state index in [-0.39, 0.29) is 5.54 Å². The molecule has 1 N–H and O–H groups in total. The maximum absolute atomic E-state index is 6.22. The third-order valence-electron chi connectivity index (χ3n) is 3.38. The van der Waals surface area contributed by atoms with Gasteiger partial charge in [0.25, 0.3) is 0 Å². The predicted molar refractivity (Wildman–Crippen MR) is 89.1 cm³/mol. The lowest BCUT2D eigenvalue weighted by atomic mass is 10.1. The summed E-state index contributed by atoms with van der Waals surface area (Å²) in [5, 5.41) is 9.27. The van der Waals surface area contributed by atoms with Crippen molar-refractivity contribution in [2.24, 2.45) is 0 Å². The third kappa shape index (κ3) is 4.22. The summed E-state index contributed by atoms with van der Waals surface area (Å²) in [6.07, 6.45) is 1.90. The summed E-state index contributed by atoms with van der Waals surface area (Å²) in [4.78, 5) is 0. The lowest BCUT2D eigenvalue weighted by Crippen LogP contribution is -2.35. The van der Waals surface area contributed by atoms with Crippen molar-refractivity contribution < 1.29 is 0 Å². The Hall–Kier alpha value is -1.03. The smallest absolute Gasteiger partial charge is 0.0691 e. The first-order valence-corrected chi connectivity index (χ1v) is 7.73. The van der Waals surface area contributed by atoms with Gasteiger partial charge >= 0.3 is 0 Å². The molecule has 0 spiro atoms. The highest BCUT2D eigenvalue weighted by molar-refractivity contribution is 6.35. The maximum Gasteiger partial charge on any atom is 0.0691 e. The zero-order chi connectivity index (χ0) is 15.6. The fourth-order valence-electron chi connectivity index (χ4n) is 2.01. The topological polar surface area (TPSA) is 29.9 Å². The van der Waals surface area contributed by atoms with Crippen LogP contribution in [0.15, 0.2) is 24.4 Å². The molecule has 2 rings (SSSR count). The van der Waals surface area contributed by atoms with Gasteiger partial charge in [0.05, 0.1) is 12.7 Å². The van der Waals surface area contributed by atoms with E-state index in [1.54, 1.807) is 0 Å². The molecule has 114 valence electrons. The zero-order valence-electron chi connectivity index (χ0n) is 12.9. The van der Waals surface area contributed by atoms with Crippen LogP contribution in [0.1, 0.15) is 37.6 Å². The Kier molecular flexibility index (Phi) is 4.97. The highest BCUT2D eigenvalue weighted by Crippen LogP contribution is 2.25. The molecular formula is C16H21Cl2N3. The van der Waals surface area contributed by atoms with Crippen LogP contribution in [0.5, 0.6) is 0 Å². The van der Waals surface area contributed by atoms with E-state index in [4.69, 9.17) is 23.2 Å². The summed E-state index contributed by atoms with van der Waals surface area (Å²) >= 11 is 12.4. The summed E-state index contributed by atoms with van der Waals surface area (Å²) in [7, 11) is 0. The van der Waals surface area contributed by atoms with Crippen LogP contribution in [-0.2, 0) is 13.1 Å². The summed E-state index contributed by atoms with van der Waals surface area (Å²) < 4.78 is 1.94. The molecule has 1 aromatic carbocycles. The molecule has 2 aromatic rings. The zero-order valence-corrected chi connectivity index (χ0v) is 14.4. The number of benzene rings is 1. The van der Waals surface area contributed by atoms with Crippen LogP contribution in [-0.4, -0.2) is 15.3 Å². The summed E-state index contributed by atoms with van der Waals surface area (Å²) in [6, 6.07) is 5.55. The van der Waals surface area contributed by atoms with Crippen LogP contribution in [0, 0.1) is 6.92 Å². The second-order valence-corrected chi connectivity index (χ2v) is 7.03. The summed E-state index contributed by atoms with van der Waals surface area (Å²) in [5.74, 6) is 0. The third-order valence-corrected chi connectivity index (χ3v) is 4.09. The van der Waals surface area contributed by atoms with E-state index in [0.717, 1.165) is 17.8 Å². The van der Waals surface area contributed by atoms with Gasteiger partial charge in [-0.05, 0) is 39.8 Å². The molecule has 0 aliphatic rings. The van der Waals surface area contributed by atoms with E-state index in [1.165, 1.54) is 5.56 Å². The van der Waals surface area contributed by atoms with Crippen molar-refractivity contribution in [1.29, 1.82) is 0 Å². The minimum atomic E-state index is 0.0839. The molecule has 0 unspecified atom stereocenters. The van der Waals surface area contributed by atoms with Crippen LogP contribution >= 0.6 is 23.2 Å². The number of halogens is 2. The number of rotatable bonds is 4. The van der Waals surface area contributed by atoms with Gasteiger partial charge < -0.3 is 5.32 Å². The highest BCUT2D eigenvalue weighted by Gasteiger charge is 2.13. The first-order valence-electron chi connectivity index (χ1n) is 6.97. The summed E-state index contributed by atoms with van der Waals surface area (Å²) in [5.41, 5.74) is 3.30. The van der Waals surface area contributed by atoms with Gasteiger partial charge in [-0.25, -0.2) is 0 Å². The van der Waals surface area contributed by atoms with Crippen LogP contribution in [0.4, 0.5) is 0 Å². The SMILES string of the molecule is Cc1c(CNC(C)(C)C)cnn1Cc1c(Cl)cccc1Cl. The van der Waals surface area contributed by atoms with E-state index >= 15 is 0 Å². The van der Waals surface area contributed by atoms with E-state index in [2.05, 4.69) is 38.1 Å². The van der Waals surface area contributed by atoms with Crippen molar-refractivity contribution in [3.05, 3.63) is 51.3 Å². The number of aromatic nitrogens is 2. The Morgan fingerprint density at radius 1 is 1.19 bits per heavy atom. The predicted octanol–water partition coefficient (Wildman–Crippen LogP) is 4.43. The van der Waals surface area contributed by atoms with Crippen LogP contribution in [0.25, 0.3) is 0 Å². The quantitative estimate of drug-likeness (QED) is 0.900. The van der Waals surface area contributed by atoms with E-state index in [1.807, 2.05) is 29.1 Å². The van der Waals surface area contributed by atoms with Gasteiger partial charge in [-0.2, -0.15) is 5.10 Å². The molecule has 0 saturated heterocycles.